The predicted molar refractivity (Wildman–Crippen MR) is 111 cm³/mol. The average Bonchev–Trinajstić information content (AvgIpc) is 3.06. The minimum atomic E-state index is -2.91. The molecule has 1 aliphatic rings. The molecule has 0 radical (unpaired) electrons. The number of halogens is 4. The Morgan fingerprint density at radius 3 is 2.61 bits per heavy atom. The van der Waals surface area contributed by atoms with Crippen LogP contribution in [0.3, 0.4) is 0 Å². The monoisotopic (exact) mass is 434 g/mol. The van der Waals surface area contributed by atoms with E-state index in [2.05, 4.69) is 20.3 Å². The van der Waals surface area contributed by atoms with Crippen LogP contribution >= 0.6 is 0 Å². The Kier molecular flexibility index (Phi) is 5.65. The Hall–Kier alpha value is -3.01. The van der Waals surface area contributed by atoms with Gasteiger partial charge in [0.1, 0.15) is 29.4 Å². The van der Waals surface area contributed by atoms with E-state index in [1.165, 1.54) is 12.1 Å². The molecular weight excluding hydrogens is 412 g/mol. The number of nitrogens with one attached hydrogen (secondary N) is 1. The zero-order chi connectivity index (χ0) is 22.3. The van der Waals surface area contributed by atoms with Crippen molar-refractivity contribution in [2.75, 3.05) is 23.3 Å². The molecule has 10 heteroatoms. The highest BCUT2D eigenvalue weighted by Gasteiger charge is 2.31. The first-order chi connectivity index (χ1) is 14.7. The summed E-state index contributed by atoms with van der Waals surface area (Å²) in [6.07, 6.45) is -2.49. The van der Waals surface area contributed by atoms with Gasteiger partial charge in [0, 0.05) is 17.5 Å². The van der Waals surface area contributed by atoms with Crippen molar-refractivity contribution in [3.8, 4) is 0 Å². The van der Waals surface area contributed by atoms with Gasteiger partial charge < -0.3 is 16.0 Å². The highest BCUT2D eigenvalue weighted by molar-refractivity contribution is 5.90. The summed E-state index contributed by atoms with van der Waals surface area (Å²) in [4.78, 5) is 14.9. The maximum Gasteiger partial charge on any atom is 0.266 e. The van der Waals surface area contributed by atoms with E-state index in [4.69, 9.17) is 5.73 Å². The number of aryl methyl sites for hydroxylation is 1. The summed E-state index contributed by atoms with van der Waals surface area (Å²) in [6, 6.07) is 4.40. The molecule has 1 saturated heterocycles. The van der Waals surface area contributed by atoms with Crippen LogP contribution in [-0.2, 0) is 0 Å². The van der Waals surface area contributed by atoms with Crippen LogP contribution in [0.25, 0.3) is 10.9 Å². The van der Waals surface area contributed by atoms with Crippen LogP contribution in [0.1, 0.15) is 36.3 Å². The molecule has 3 heterocycles. The number of anilines is 2. The van der Waals surface area contributed by atoms with E-state index in [1.807, 2.05) is 0 Å². The van der Waals surface area contributed by atoms with Gasteiger partial charge in [-0.1, -0.05) is 18.2 Å². The summed E-state index contributed by atoms with van der Waals surface area (Å²) in [5.41, 5.74) is 5.78. The Morgan fingerprint density at radius 1 is 1.19 bits per heavy atom. The molecule has 1 aliphatic heterocycles. The first kappa shape index (κ1) is 21.2. The van der Waals surface area contributed by atoms with Crippen molar-refractivity contribution in [2.45, 2.75) is 38.5 Å². The van der Waals surface area contributed by atoms with Gasteiger partial charge in [0.15, 0.2) is 0 Å². The van der Waals surface area contributed by atoms with Gasteiger partial charge in [0.25, 0.3) is 6.43 Å². The van der Waals surface area contributed by atoms with Crippen LogP contribution in [0, 0.1) is 12.7 Å². The molecule has 4 rings (SSSR count). The van der Waals surface area contributed by atoms with Gasteiger partial charge in [-0.05, 0) is 19.9 Å². The van der Waals surface area contributed by atoms with E-state index in [0.717, 1.165) is 6.07 Å². The van der Waals surface area contributed by atoms with Crippen LogP contribution in [0.4, 0.5) is 29.2 Å². The lowest BCUT2D eigenvalue weighted by molar-refractivity contribution is 0.146. The SMILES string of the molecule is Cc1nc(N[C@H](C)c2cccc(C(F)F)c2F)c2cc(N3CC(N)C(F)C3)ncc2n1. The van der Waals surface area contributed by atoms with E-state index >= 15 is 0 Å². The van der Waals surface area contributed by atoms with Gasteiger partial charge in [0.05, 0.1) is 35.9 Å². The summed E-state index contributed by atoms with van der Waals surface area (Å²) >= 11 is 0. The number of nitrogens with zero attached hydrogens (tertiary/aromatic N) is 4. The minimum absolute atomic E-state index is 0.0993. The van der Waals surface area contributed by atoms with E-state index in [0.29, 0.717) is 34.9 Å². The zero-order valence-corrected chi connectivity index (χ0v) is 17.0. The van der Waals surface area contributed by atoms with E-state index in [-0.39, 0.29) is 12.1 Å². The number of hydrogen-bond acceptors (Lipinski definition) is 6. The number of alkyl halides is 3. The lowest BCUT2D eigenvalue weighted by Crippen LogP contribution is -2.30. The molecule has 3 aromatic rings. The van der Waals surface area contributed by atoms with E-state index in [9.17, 15) is 17.6 Å². The van der Waals surface area contributed by atoms with Gasteiger partial charge in [-0.15, -0.1) is 0 Å². The maximum absolute atomic E-state index is 14.6. The first-order valence-corrected chi connectivity index (χ1v) is 9.86. The van der Waals surface area contributed by atoms with E-state index in [1.54, 1.807) is 31.0 Å². The zero-order valence-electron chi connectivity index (χ0n) is 17.0. The second-order valence-electron chi connectivity index (χ2n) is 7.68. The summed E-state index contributed by atoms with van der Waals surface area (Å²) < 4.78 is 54.6. The molecule has 1 fully saturated rings. The standard InChI is InChI=1S/C21H22F4N6/c1-10(12-4-3-5-13(19(12)23)20(24)25)28-21-14-6-18(31-8-15(22)16(26)9-31)27-7-17(14)29-11(2)30-21/h3-7,10,15-16,20H,8-9,26H2,1-2H3,(H,28,29,30)/t10-,15?,16?/m1/s1. The molecule has 0 spiro atoms. The van der Waals surface area contributed by atoms with Gasteiger partial charge in [-0.3, -0.25) is 0 Å². The van der Waals surface area contributed by atoms with Gasteiger partial charge >= 0.3 is 0 Å². The molecular formula is C21H22F4N6. The van der Waals surface area contributed by atoms with Crippen LogP contribution in [-0.4, -0.2) is 40.3 Å². The second-order valence-corrected chi connectivity index (χ2v) is 7.68. The number of hydrogen-bond donors (Lipinski definition) is 2. The molecule has 3 atom stereocenters. The molecule has 0 amide bonds. The molecule has 2 aromatic heterocycles. The Bertz CT molecular complexity index is 1100. The third-order valence-electron chi connectivity index (χ3n) is 5.41. The highest BCUT2D eigenvalue weighted by Crippen LogP contribution is 2.31. The molecule has 0 saturated carbocycles. The summed E-state index contributed by atoms with van der Waals surface area (Å²) in [6.45, 7) is 3.83. The summed E-state index contributed by atoms with van der Waals surface area (Å²) in [7, 11) is 0. The van der Waals surface area contributed by atoms with Crippen molar-refractivity contribution < 1.29 is 17.6 Å². The van der Waals surface area contributed by atoms with Gasteiger partial charge in [-0.2, -0.15) is 0 Å². The number of nitrogens with two attached hydrogens (primary N) is 1. The molecule has 2 unspecified atom stereocenters. The van der Waals surface area contributed by atoms with Crippen molar-refractivity contribution >= 4 is 22.5 Å². The molecule has 164 valence electrons. The predicted octanol–water partition coefficient (Wildman–Crippen LogP) is 4.07. The number of aromatic nitrogens is 3. The van der Waals surface area contributed by atoms with Crippen molar-refractivity contribution in [1.29, 1.82) is 0 Å². The molecule has 0 bridgehead atoms. The third kappa shape index (κ3) is 4.12. The number of rotatable bonds is 5. The largest absolute Gasteiger partial charge is 0.363 e. The first-order valence-electron chi connectivity index (χ1n) is 9.86. The van der Waals surface area contributed by atoms with Crippen molar-refractivity contribution in [3.63, 3.8) is 0 Å². The van der Waals surface area contributed by atoms with Crippen molar-refractivity contribution in [1.82, 2.24) is 15.0 Å². The Balaban J connectivity index is 1.70. The van der Waals surface area contributed by atoms with Gasteiger partial charge in [0.2, 0.25) is 0 Å². The summed E-state index contributed by atoms with van der Waals surface area (Å²) in [5, 5.41) is 3.70. The Labute approximate surface area is 176 Å². The van der Waals surface area contributed by atoms with Gasteiger partial charge in [-0.25, -0.2) is 32.5 Å². The number of benzene rings is 1. The quantitative estimate of drug-likeness (QED) is 0.590. The second kappa shape index (κ2) is 8.26. The Morgan fingerprint density at radius 2 is 1.94 bits per heavy atom. The molecule has 6 nitrogen and oxygen atoms in total. The van der Waals surface area contributed by atoms with Crippen LogP contribution in [0.5, 0.6) is 0 Å². The fourth-order valence-corrected chi connectivity index (χ4v) is 3.75. The van der Waals surface area contributed by atoms with Crippen LogP contribution < -0.4 is 16.0 Å². The summed E-state index contributed by atoms with van der Waals surface area (Å²) in [5.74, 6) is 0.443. The van der Waals surface area contributed by atoms with Crippen LogP contribution in [0.15, 0.2) is 30.5 Å². The smallest absolute Gasteiger partial charge is 0.266 e. The molecule has 31 heavy (non-hydrogen) atoms. The number of pyridine rings is 1. The molecule has 3 N–H and O–H groups in total. The molecule has 0 aliphatic carbocycles. The topological polar surface area (TPSA) is 80.0 Å². The average molecular weight is 434 g/mol. The third-order valence-corrected chi connectivity index (χ3v) is 5.41. The van der Waals surface area contributed by atoms with Crippen LogP contribution in [0.2, 0.25) is 0 Å². The van der Waals surface area contributed by atoms with Crippen molar-refractivity contribution in [2.24, 2.45) is 5.73 Å². The lowest BCUT2D eigenvalue weighted by atomic mass is 10.0. The highest BCUT2D eigenvalue weighted by atomic mass is 19.3. The molecule has 1 aromatic carbocycles. The van der Waals surface area contributed by atoms with Crippen molar-refractivity contribution in [3.05, 3.63) is 53.2 Å². The normalized spacial score (nSPS) is 19.9. The fraction of sp³-hybridized carbons (Fsp3) is 0.381. The van der Waals surface area contributed by atoms with E-state index < -0.39 is 36.1 Å². The fourth-order valence-electron chi connectivity index (χ4n) is 3.75. The lowest BCUT2D eigenvalue weighted by Gasteiger charge is -2.20. The number of fused-ring (bicyclic) bond motifs is 1. The maximum atomic E-state index is 14.6. The minimum Gasteiger partial charge on any atom is -0.363 e.